The van der Waals surface area contributed by atoms with Crippen LogP contribution in [0, 0.1) is 0 Å². The second-order valence-electron chi connectivity index (χ2n) is 4.05. The minimum absolute atomic E-state index is 0. The maximum atomic E-state index is 11.2. The molecule has 0 aromatic rings. The molecule has 0 aromatic heterocycles. The Morgan fingerprint density at radius 3 is 2.10 bits per heavy atom. The summed E-state index contributed by atoms with van der Waals surface area (Å²) in [6, 6.07) is 0. The highest BCUT2D eigenvalue weighted by molar-refractivity contribution is 5.77. The number of hydrogen-bond acceptors (Lipinski definition) is 7. The van der Waals surface area contributed by atoms with E-state index < -0.39 is 24.8 Å². The molecule has 0 aliphatic carbocycles. The average Bonchev–Trinajstić information content (AvgIpc) is 2.24. The number of rotatable bonds is 8. The van der Waals surface area contributed by atoms with E-state index >= 15 is 0 Å². The quantitative estimate of drug-likeness (QED) is 0.627. The molecule has 0 heterocycles. The van der Waals surface area contributed by atoms with Crippen LogP contribution in [0.25, 0.3) is 0 Å². The second-order valence-corrected chi connectivity index (χ2v) is 4.05. The lowest BCUT2D eigenvalue weighted by molar-refractivity contribution is -0.153. The molecule has 1 atom stereocenters. The summed E-state index contributed by atoms with van der Waals surface area (Å²) in [4.78, 5) is 43.5. The minimum atomic E-state index is -1.04. The van der Waals surface area contributed by atoms with E-state index in [9.17, 15) is 19.2 Å². The maximum absolute atomic E-state index is 11.2. The SMILES string of the molecule is C.CC(=O)CCOC(=O)OCC(=O)OC(C)CC(C)=O. The van der Waals surface area contributed by atoms with Gasteiger partial charge in [-0.25, -0.2) is 9.59 Å². The van der Waals surface area contributed by atoms with Crippen LogP contribution in [0.1, 0.15) is 41.0 Å². The van der Waals surface area contributed by atoms with Gasteiger partial charge in [0.05, 0.1) is 0 Å². The summed E-state index contributed by atoms with van der Waals surface area (Å²) < 4.78 is 13.8. The fourth-order valence-corrected chi connectivity index (χ4v) is 1.14. The fraction of sp³-hybridized carbons (Fsp3) is 0.692. The Hall–Kier alpha value is -1.92. The van der Waals surface area contributed by atoms with Gasteiger partial charge in [0, 0.05) is 12.8 Å². The van der Waals surface area contributed by atoms with Crippen LogP contribution in [0.15, 0.2) is 0 Å². The summed E-state index contributed by atoms with van der Waals surface area (Å²) in [6.45, 7) is 3.62. The largest absolute Gasteiger partial charge is 0.508 e. The molecular formula is C13H22O7. The number of hydrogen-bond donors (Lipinski definition) is 0. The third kappa shape index (κ3) is 12.5. The first kappa shape index (κ1) is 20.4. The van der Waals surface area contributed by atoms with Crippen molar-refractivity contribution in [2.45, 2.75) is 47.1 Å². The van der Waals surface area contributed by atoms with Gasteiger partial charge in [-0.05, 0) is 20.8 Å². The highest BCUT2D eigenvalue weighted by Crippen LogP contribution is 1.99. The van der Waals surface area contributed by atoms with Gasteiger partial charge in [-0.1, -0.05) is 7.43 Å². The highest BCUT2D eigenvalue weighted by atomic mass is 16.7. The molecule has 0 saturated carbocycles. The van der Waals surface area contributed by atoms with Gasteiger partial charge in [-0.15, -0.1) is 0 Å². The van der Waals surface area contributed by atoms with E-state index in [4.69, 9.17) is 4.74 Å². The Kier molecular flexibility index (Phi) is 11.2. The van der Waals surface area contributed by atoms with Crippen molar-refractivity contribution in [2.75, 3.05) is 13.2 Å². The van der Waals surface area contributed by atoms with E-state index in [0.29, 0.717) is 0 Å². The van der Waals surface area contributed by atoms with E-state index in [1.807, 2.05) is 0 Å². The summed E-state index contributed by atoms with van der Waals surface area (Å²) in [5.41, 5.74) is 0. The zero-order valence-electron chi connectivity index (χ0n) is 11.3. The molecule has 0 fully saturated rings. The zero-order valence-corrected chi connectivity index (χ0v) is 11.3. The van der Waals surface area contributed by atoms with Crippen molar-refractivity contribution in [2.24, 2.45) is 0 Å². The molecule has 0 bridgehead atoms. The van der Waals surface area contributed by atoms with Gasteiger partial charge in [0.1, 0.15) is 24.3 Å². The molecule has 0 aliphatic rings. The van der Waals surface area contributed by atoms with Gasteiger partial charge in [0.15, 0.2) is 6.61 Å². The second kappa shape index (κ2) is 11.0. The fourth-order valence-electron chi connectivity index (χ4n) is 1.14. The standard InChI is InChI=1S/C12H18O7.CH4/c1-8(13)4-5-17-12(16)18-7-11(15)19-10(3)6-9(2)14;/h10H,4-7H2,1-3H3;1H4. The number of ether oxygens (including phenoxy) is 3. The number of carbonyl (C=O) groups excluding carboxylic acids is 4. The van der Waals surface area contributed by atoms with Gasteiger partial charge < -0.3 is 14.2 Å². The van der Waals surface area contributed by atoms with E-state index in [1.54, 1.807) is 6.92 Å². The van der Waals surface area contributed by atoms with Crippen LogP contribution in [-0.4, -0.2) is 43.0 Å². The lowest BCUT2D eigenvalue weighted by Gasteiger charge is -2.11. The molecule has 116 valence electrons. The van der Waals surface area contributed by atoms with Crippen molar-refractivity contribution in [3.63, 3.8) is 0 Å². The number of ketones is 2. The van der Waals surface area contributed by atoms with Crippen molar-refractivity contribution in [3.8, 4) is 0 Å². The Labute approximate surface area is 118 Å². The average molecular weight is 290 g/mol. The smallest absolute Gasteiger partial charge is 0.460 e. The Morgan fingerprint density at radius 1 is 1.00 bits per heavy atom. The highest BCUT2D eigenvalue weighted by Gasteiger charge is 2.14. The van der Waals surface area contributed by atoms with Crippen molar-refractivity contribution >= 4 is 23.7 Å². The minimum Gasteiger partial charge on any atom is -0.460 e. The van der Waals surface area contributed by atoms with Crippen LogP contribution in [0.3, 0.4) is 0 Å². The summed E-state index contributed by atoms with van der Waals surface area (Å²) in [5.74, 6) is -0.993. The first-order valence-corrected chi connectivity index (χ1v) is 5.79. The Bertz CT molecular complexity index is 349. The van der Waals surface area contributed by atoms with Gasteiger partial charge in [-0.2, -0.15) is 0 Å². The third-order valence-corrected chi connectivity index (χ3v) is 1.89. The molecule has 0 rings (SSSR count). The molecular weight excluding hydrogens is 268 g/mol. The number of Topliss-reactive ketones (excluding diaryl/α,β-unsaturated/α-hetero) is 2. The molecule has 7 nitrogen and oxygen atoms in total. The first-order chi connectivity index (χ1) is 8.81. The summed E-state index contributed by atoms with van der Waals surface area (Å²) in [5, 5.41) is 0. The lowest BCUT2D eigenvalue weighted by atomic mass is 10.2. The molecule has 0 aromatic carbocycles. The van der Waals surface area contributed by atoms with Crippen LogP contribution < -0.4 is 0 Å². The van der Waals surface area contributed by atoms with E-state index in [0.717, 1.165) is 0 Å². The normalized spacial score (nSPS) is 10.8. The summed E-state index contributed by atoms with van der Waals surface area (Å²) in [6.07, 6.45) is -1.41. The van der Waals surface area contributed by atoms with Crippen molar-refractivity contribution in [1.29, 1.82) is 0 Å². The lowest BCUT2D eigenvalue weighted by Crippen LogP contribution is -2.23. The van der Waals surface area contributed by atoms with E-state index in [2.05, 4.69) is 9.47 Å². The van der Waals surface area contributed by atoms with Gasteiger partial charge in [0.25, 0.3) is 0 Å². The van der Waals surface area contributed by atoms with Crippen LogP contribution in [0.5, 0.6) is 0 Å². The van der Waals surface area contributed by atoms with Crippen molar-refractivity contribution < 1.29 is 33.4 Å². The number of carbonyl (C=O) groups is 4. The van der Waals surface area contributed by atoms with Crippen LogP contribution in [-0.2, 0) is 28.6 Å². The van der Waals surface area contributed by atoms with Gasteiger partial charge >= 0.3 is 12.1 Å². The van der Waals surface area contributed by atoms with Gasteiger partial charge in [-0.3, -0.25) is 9.59 Å². The van der Waals surface area contributed by atoms with Crippen LogP contribution in [0.4, 0.5) is 4.79 Å². The van der Waals surface area contributed by atoms with Crippen LogP contribution >= 0.6 is 0 Å². The van der Waals surface area contributed by atoms with E-state index in [-0.39, 0.29) is 38.4 Å². The third-order valence-electron chi connectivity index (χ3n) is 1.89. The molecule has 20 heavy (non-hydrogen) atoms. The molecule has 0 amide bonds. The molecule has 0 saturated heterocycles. The van der Waals surface area contributed by atoms with E-state index in [1.165, 1.54) is 13.8 Å². The Balaban J connectivity index is 0. The summed E-state index contributed by atoms with van der Waals surface area (Å²) >= 11 is 0. The predicted molar refractivity (Wildman–Crippen MR) is 70.2 cm³/mol. The first-order valence-electron chi connectivity index (χ1n) is 5.79. The predicted octanol–water partition coefficient (Wildman–Crippen LogP) is 1.67. The zero-order chi connectivity index (χ0) is 14.8. The van der Waals surface area contributed by atoms with Crippen molar-refractivity contribution in [3.05, 3.63) is 0 Å². The molecule has 1 unspecified atom stereocenters. The van der Waals surface area contributed by atoms with Gasteiger partial charge in [0.2, 0.25) is 0 Å². The monoisotopic (exact) mass is 290 g/mol. The molecule has 0 spiro atoms. The molecule has 7 heteroatoms. The van der Waals surface area contributed by atoms with Crippen molar-refractivity contribution in [1.82, 2.24) is 0 Å². The molecule has 0 radical (unpaired) electrons. The molecule has 0 N–H and O–H groups in total. The number of esters is 1. The maximum Gasteiger partial charge on any atom is 0.508 e. The topological polar surface area (TPSA) is 96.0 Å². The van der Waals surface area contributed by atoms with Crippen LogP contribution in [0.2, 0.25) is 0 Å². The molecule has 0 aliphatic heterocycles. The Morgan fingerprint density at radius 2 is 1.60 bits per heavy atom. The summed E-state index contributed by atoms with van der Waals surface area (Å²) in [7, 11) is 0.